The van der Waals surface area contributed by atoms with Crippen LogP contribution >= 0.6 is 22.9 Å². The third kappa shape index (κ3) is 5.71. The van der Waals surface area contributed by atoms with Crippen molar-refractivity contribution >= 4 is 56.3 Å². The highest BCUT2D eigenvalue weighted by atomic mass is 35.5. The lowest BCUT2D eigenvalue weighted by molar-refractivity contribution is -0.156. The molecule has 1 fully saturated rings. The SMILES string of the molecule is C=Cc1cc(-c2cccc(S(C)(=O)=O)c2)c(Cl)cc1C1=C(O)C2(CCCN(C(=O)CCc3ccc(C)s3)C2)OC1=O. The highest BCUT2D eigenvalue weighted by molar-refractivity contribution is 7.90. The molecule has 0 aliphatic carbocycles. The number of carbonyl (C=O) groups is 2. The number of halogens is 1. The van der Waals surface area contributed by atoms with Crippen molar-refractivity contribution in [2.45, 2.75) is 43.1 Å². The summed E-state index contributed by atoms with van der Waals surface area (Å²) in [5, 5.41) is 11.7. The minimum absolute atomic E-state index is 0.0124. The van der Waals surface area contributed by atoms with E-state index in [4.69, 9.17) is 16.3 Å². The second-order valence-electron chi connectivity index (χ2n) is 10.5. The molecule has 0 radical (unpaired) electrons. The predicted octanol–water partition coefficient (Wildman–Crippen LogP) is 6.24. The number of esters is 1. The van der Waals surface area contributed by atoms with E-state index >= 15 is 0 Å². The van der Waals surface area contributed by atoms with Crippen LogP contribution in [0.25, 0.3) is 22.8 Å². The molecule has 5 rings (SSSR count). The predicted molar refractivity (Wildman–Crippen MR) is 162 cm³/mol. The number of ether oxygens (including phenoxy) is 1. The molecule has 1 aromatic heterocycles. The summed E-state index contributed by atoms with van der Waals surface area (Å²) >= 11 is 8.34. The summed E-state index contributed by atoms with van der Waals surface area (Å²) < 4.78 is 30.0. The molecule has 2 aromatic carbocycles. The molecule has 214 valence electrons. The van der Waals surface area contributed by atoms with Gasteiger partial charge in [0, 0.05) is 45.1 Å². The first-order chi connectivity index (χ1) is 19.4. The number of carbonyl (C=O) groups excluding carboxylic acids is 2. The monoisotopic (exact) mass is 611 g/mol. The highest BCUT2D eigenvalue weighted by Crippen LogP contribution is 2.44. The number of rotatable bonds is 7. The molecule has 2 aliphatic heterocycles. The van der Waals surface area contributed by atoms with Gasteiger partial charge in [-0.1, -0.05) is 36.4 Å². The largest absolute Gasteiger partial charge is 0.507 e. The lowest BCUT2D eigenvalue weighted by atomic mass is 9.87. The van der Waals surface area contributed by atoms with E-state index in [1.807, 2.05) is 19.1 Å². The summed E-state index contributed by atoms with van der Waals surface area (Å²) in [6.07, 6.45) is 4.59. The second-order valence-corrected chi connectivity index (χ2v) is 14.3. The van der Waals surface area contributed by atoms with Crippen molar-refractivity contribution < 1.29 is 27.9 Å². The van der Waals surface area contributed by atoms with Crippen LogP contribution in [0.1, 0.15) is 40.1 Å². The van der Waals surface area contributed by atoms with Crippen molar-refractivity contribution in [1.82, 2.24) is 4.90 Å². The molecular weight excluding hydrogens is 582 g/mol. The van der Waals surface area contributed by atoms with Gasteiger partial charge in [-0.15, -0.1) is 11.3 Å². The van der Waals surface area contributed by atoms with E-state index in [-0.39, 0.29) is 33.7 Å². The van der Waals surface area contributed by atoms with E-state index in [0.29, 0.717) is 54.5 Å². The lowest BCUT2D eigenvalue weighted by Gasteiger charge is -2.39. The van der Waals surface area contributed by atoms with Gasteiger partial charge in [0.15, 0.2) is 21.2 Å². The van der Waals surface area contributed by atoms with Crippen LogP contribution in [-0.2, 0) is 30.6 Å². The average Bonchev–Trinajstić information content (AvgIpc) is 3.45. The quantitative estimate of drug-likeness (QED) is 0.317. The van der Waals surface area contributed by atoms with Crippen molar-refractivity contribution in [1.29, 1.82) is 0 Å². The number of sulfone groups is 1. The van der Waals surface area contributed by atoms with E-state index in [1.165, 1.54) is 23.1 Å². The fourth-order valence-corrected chi connectivity index (χ4v) is 7.28. The molecule has 1 saturated heterocycles. The van der Waals surface area contributed by atoms with Crippen LogP contribution in [0.5, 0.6) is 0 Å². The van der Waals surface area contributed by atoms with Gasteiger partial charge in [0.05, 0.1) is 11.4 Å². The minimum atomic E-state index is -3.43. The normalized spacial score (nSPS) is 19.1. The summed E-state index contributed by atoms with van der Waals surface area (Å²) in [6, 6.07) is 13.7. The molecule has 0 bridgehead atoms. The Morgan fingerprint density at radius 1 is 1.22 bits per heavy atom. The lowest BCUT2D eigenvalue weighted by Crippen LogP contribution is -2.51. The number of aliphatic hydroxyl groups excluding tert-OH is 1. The molecule has 7 nitrogen and oxygen atoms in total. The van der Waals surface area contributed by atoms with Gasteiger partial charge in [0.25, 0.3) is 0 Å². The van der Waals surface area contributed by atoms with Crippen LogP contribution in [0.4, 0.5) is 0 Å². The molecule has 1 unspecified atom stereocenters. The molecule has 1 amide bonds. The van der Waals surface area contributed by atoms with Gasteiger partial charge in [0.2, 0.25) is 5.91 Å². The van der Waals surface area contributed by atoms with E-state index in [9.17, 15) is 23.1 Å². The summed E-state index contributed by atoms with van der Waals surface area (Å²) in [7, 11) is -3.43. The van der Waals surface area contributed by atoms with Crippen LogP contribution in [0.2, 0.25) is 5.02 Å². The fourth-order valence-electron chi connectivity index (χ4n) is 5.45. The van der Waals surface area contributed by atoms with Gasteiger partial charge in [-0.2, -0.15) is 0 Å². The third-order valence-electron chi connectivity index (χ3n) is 7.55. The number of amides is 1. The molecule has 0 saturated carbocycles. The Morgan fingerprint density at radius 2 is 2.00 bits per heavy atom. The summed E-state index contributed by atoms with van der Waals surface area (Å²) in [5.41, 5.74) is 0.653. The average molecular weight is 612 g/mol. The van der Waals surface area contributed by atoms with Crippen LogP contribution in [0.15, 0.2) is 65.8 Å². The molecule has 10 heteroatoms. The number of thiophene rings is 1. The Morgan fingerprint density at radius 3 is 2.68 bits per heavy atom. The topological polar surface area (TPSA) is 101 Å². The maximum atomic E-state index is 13.3. The second kappa shape index (κ2) is 11.1. The van der Waals surface area contributed by atoms with E-state index in [0.717, 1.165) is 11.1 Å². The van der Waals surface area contributed by atoms with Gasteiger partial charge in [-0.3, -0.25) is 4.79 Å². The first kappa shape index (κ1) is 29.1. The fraction of sp³-hybridized carbons (Fsp3) is 0.290. The van der Waals surface area contributed by atoms with Crippen LogP contribution in [0, 0.1) is 6.92 Å². The van der Waals surface area contributed by atoms with Crippen molar-refractivity contribution in [2.75, 3.05) is 19.3 Å². The maximum Gasteiger partial charge on any atom is 0.343 e. The smallest absolute Gasteiger partial charge is 0.343 e. The molecule has 3 heterocycles. The number of piperidine rings is 1. The highest BCUT2D eigenvalue weighted by Gasteiger charge is 2.52. The van der Waals surface area contributed by atoms with Crippen molar-refractivity contribution in [3.05, 3.63) is 86.8 Å². The van der Waals surface area contributed by atoms with Crippen LogP contribution in [0.3, 0.4) is 0 Å². The Bertz CT molecular complexity index is 1710. The van der Waals surface area contributed by atoms with Gasteiger partial charge in [0.1, 0.15) is 5.57 Å². The van der Waals surface area contributed by atoms with Crippen LogP contribution in [-0.4, -0.2) is 55.2 Å². The van der Waals surface area contributed by atoms with Gasteiger partial charge < -0.3 is 14.7 Å². The molecular formula is C31H30ClNO6S2. The minimum Gasteiger partial charge on any atom is -0.507 e. The Balaban J connectivity index is 1.45. The zero-order chi connectivity index (χ0) is 29.5. The van der Waals surface area contributed by atoms with Gasteiger partial charge in [-0.25, -0.2) is 13.2 Å². The molecule has 1 spiro atoms. The summed E-state index contributed by atoms with van der Waals surface area (Å²) in [5.74, 6) is -0.973. The van der Waals surface area contributed by atoms with Gasteiger partial charge in [-0.05, 0) is 73.7 Å². The zero-order valence-electron chi connectivity index (χ0n) is 22.8. The maximum absolute atomic E-state index is 13.3. The number of benzene rings is 2. The van der Waals surface area contributed by atoms with Crippen LogP contribution < -0.4 is 0 Å². The molecule has 1 atom stereocenters. The van der Waals surface area contributed by atoms with E-state index < -0.39 is 21.4 Å². The van der Waals surface area contributed by atoms with Crippen molar-refractivity contribution in [2.24, 2.45) is 0 Å². The summed E-state index contributed by atoms with van der Waals surface area (Å²) in [6.45, 7) is 6.50. The van der Waals surface area contributed by atoms with Crippen molar-refractivity contribution in [3.63, 3.8) is 0 Å². The first-order valence-corrected chi connectivity index (χ1v) is 16.3. The van der Waals surface area contributed by atoms with Gasteiger partial charge >= 0.3 is 5.97 Å². The number of hydrogen-bond acceptors (Lipinski definition) is 7. The number of hydrogen-bond donors (Lipinski definition) is 1. The number of aliphatic hydroxyl groups is 1. The van der Waals surface area contributed by atoms with E-state index in [2.05, 4.69) is 6.58 Å². The van der Waals surface area contributed by atoms with E-state index in [1.54, 1.807) is 40.5 Å². The van der Waals surface area contributed by atoms with Crippen molar-refractivity contribution in [3.8, 4) is 11.1 Å². The molecule has 41 heavy (non-hydrogen) atoms. The summed E-state index contributed by atoms with van der Waals surface area (Å²) in [4.78, 5) is 30.5. The zero-order valence-corrected chi connectivity index (χ0v) is 25.2. The number of aryl methyl sites for hydroxylation is 2. The first-order valence-electron chi connectivity index (χ1n) is 13.2. The Kier molecular flexibility index (Phi) is 7.89. The Labute approximate surface area is 248 Å². The molecule has 3 aromatic rings. The third-order valence-corrected chi connectivity index (χ3v) is 10.0. The molecule has 2 aliphatic rings. The number of likely N-dealkylation sites (tertiary alicyclic amines) is 1. The standard InChI is InChI=1S/C31H30ClNO6S2/c1-4-20-16-24(21-7-5-8-23(15-21)41(3,37)38)26(32)17-25(20)28-29(35)31(39-30(28)36)13-6-14-33(18-31)27(34)12-11-22-10-9-19(2)40-22/h4-5,7-10,15-17,35H,1,6,11-14,18H2,2-3H3. The molecule has 1 N–H and O–H groups in total. The Hall–Kier alpha value is -3.40. The number of nitrogens with zero attached hydrogens (tertiary/aromatic N) is 1.